The molecule has 0 aliphatic heterocycles. The molecule has 1 heterocycles. The molecule has 2 aromatic carbocycles. The number of carbonyl (C=O) groups is 1. The van der Waals surface area contributed by atoms with Crippen molar-refractivity contribution in [3.05, 3.63) is 71.4 Å². The Balaban J connectivity index is 2.05. The molecular formula is C23H22ClNOS. The van der Waals surface area contributed by atoms with Gasteiger partial charge in [0.25, 0.3) is 0 Å². The molecule has 0 spiro atoms. The van der Waals surface area contributed by atoms with Gasteiger partial charge < -0.3 is 0 Å². The quantitative estimate of drug-likeness (QED) is 0.434. The van der Waals surface area contributed by atoms with Gasteiger partial charge in [-0.2, -0.15) is 0 Å². The molecule has 27 heavy (non-hydrogen) atoms. The first-order valence-corrected chi connectivity index (χ1v) is 10.2. The van der Waals surface area contributed by atoms with Crippen LogP contribution in [-0.2, 0) is 11.2 Å². The summed E-state index contributed by atoms with van der Waals surface area (Å²) in [5, 5.41) is 1.58. The van der Waals surface area contributed by atoms with Crippen LogP contribution in [0.5, 0.6) is 0 Å². The van der Waals surface area contributed by atoms with E-state index in [9.17, 15) is 4.79 Å². The number of hydrogen-bond acceptors (Lipinski definition) is 3. The summed E-state index contributed by atoms with van der Waals surface area (Å²) >= 11 is 7.79. The van der Waals surface area contributed by atoms with Crippen molar-refractivity contribution in [2.45, 2.75) is 26.7 Å². The number of rotatable bonds is 7. The van der Waals surface area contributed by atoms with Crippen molar-refractivity contribution in [1.82, 2.24) is 4.98 Å². The molecule has 0 fully saturated rings. The highest BCUT2D eigenvalue weighted by Gasteiger charge is 2.18. The minimum atomic E-state index is 0.213. The highest BCUT2D eigenvalue weighted by Crippen LogP contribution is 2.37. The number of carbonyl (C=O) groups excluding carboxylic acids is 1. The van der Waals surface area contributed by atoms with E-state index in [-0.39, 0.29) is 5.78 Å². The Kier molecular flexibility index (Phi) is 6.25. The average Bonchev–Trinajstić information content (AvgIpc) is 3.05. The maximum absolute atomic E-state index is 12.4. The molecule has 0 unspecified atom stereocenters. The smallest absolute Gasteiger partial charge is 0.139 e. The van der Waals surface area contributed by atoms with Gasteiger partial charge in [-0.15, -0.1) is 11.3 Å². The third kappa shape index (κ3) is 4.94. The van der Waals surface area contributed by atoms with Gasteiger partial charge in [-0.3, -0.25) is 4.79 Å². The monoisotopic (exact) mass is 395 g/mol. The van der Waals surface area contributed by atoms with Crippen molar-refractivity contribution in [2.75, 3.05) is 0 Å². The molecule has 3 rings (SSSR count). The summed E-state index contributed by atoms with van der Waals surface area (Å²) in [7, 11) is 0. The highest BCUT2D eigenvalue weighted by molar-refractivity contribution is 7.18. The number of hydrogen-bond donors (Lipinski definition) is 0. The molecule has 2 nitrogen and oxygen atoms in total. The molecule has 0 aliphatic rings. The van der Waals surface area contributed by atoms with E-state index in [1.165, 1.54) is 0 Å². The maximum atomic E-state index is 12.4. The van der Waals surface area contributed by atoms with Crippen LogP contribution in [0, 0.1) is 5.92 Å². The number of nitrogens with zero attached hydrogens (tertiary/aromatic N) is 1. The van der Waals surface area contributed by atoms with Gasteiger partial charge in [0, 0.05) is 17.0 Å². The molecule has 0 aliphatic carbocycles. The number of benzene rings is 2. The summed E-state index contributed by atoms with van der Waals surface area (Å²) in [6.07, 6.45) is 2.73. The van der Waals surface area contributed by atoms with Gasteiger partial charge in [-0.1, -0.05) is 68.4 Å². The van der Waals surface area contributed by atoms with Gasteiger partial charge in [0.2, 0.25) is 0 Å². The fourth-order valence-corrected chi connectivity index (χ4v) is 4.23. The number of ketones is 1. The Morgan fingerprint density at radius 2 is 1.93 bits per heavy atom. The van der Waals surface area contributed by atoms with E-state index in [4.69, 9.17) is 16.6 Å². The Labute approximate surface area is 169 Å². The van der Waals surface area contributed by atoms with Crippen LogP contribution >= 0.6 is 22.9 Å². The molecular weight excluding hydrogens is 374 g/mol. The molecule has 3 aromatic rings. The number of thiazole rings is 1. The Morgan fingerprint density at radius 1 is 1.19 bits per heavy atom. The molecule has 138 valence electrons. The first-order valence-electron chi connectivity index (χ1n) is 8.96. The van der Waals surface area contributed by atoms with Crippen LogP contribution in [0.1, 0.15) is 31.5 Å². The predicted octanol–water partition coefficient (Wildman–Crippen LogP) is 6.93. The van der Waals surface area contributed by atoms with Crippen molar-refractivity contribution in [2.24, 2.45) is 5.92 Å². The van der Waals surface area contributed by atoms with Crippen LogP contribution in [-0.4, -0.2) is 10.8 Å². The zero-order valence-electron chi connectivity index (χ0n) is 15.5. The van der Waals surface area contributed by atoms with Gasteiger partial charge in [0.05, 0.1) is 17.0 Å². The van der Waals surface area contributed by atoms with E-state index in [1.54, 1.807) is 11.3 Å². The lowest BCUT2D eigenvalue weighted by Crippen LogP contribution is -2.07. The summed E-state index contributed by atoms with van der Waals surface area (Å²) < 4.78 is 0. The molecule has 0 atom stereocenters. The second-order valence-electron chi connectivity index (χ2n) is 6.95. The molecule has 0 saturated carbocycles. The third-order valence-corrected chi connectivity index (χ3v) is 5.58. The van der Waals surface area contributed by atoms with E-state index >= 15 is 0 Å². The van der Waals surface area contributed by atoms with Gasteiger partial charge >= 0.3 is 0 Å². The van der Waals surface area contributed by atoms with E-state index < -0.39 is 0 Å². The highest BCUT2D eigenvalue weighted by atomic mass is 35.5. The minimum absolute atomic E-state index is 0.213. The van der Waals surface area contributed by atoms with Crippen LogP contribution in [0.25, 0.3) is 27.1 Å². The van der Waals surface area contributed by atoms with E-state index in [0.717, 1.165) is 32.3 Å². The van der Waals surface area contributed by atoms with Crippen LogP contribution in [0.3, 0.4) is 0 Å². The third-order valence-electron chi connectivity index (χ3n) is 4.15. The van der Waals surface area contributed by atoms with Gasteiger partial charge in [-0.05, 0) is 35.2 Å². The first kappa shape index (κ1) is 19.5. The van der Waals surface area contributed by atoms with E-state index in [0.29, 0.717) is 23.8 Å². The molecule has 0 bridgehead atoms. The predicted molar refractivity (Wildman–Crippen MR) is 116 cm³/mol. The second kappa shape index (κ2) is 8.64. The molecule has 1 aromatic heterocycles. The zero-order valence-corrected chi connectivity index (χ0v) is 17.1. The average molecular weight is 396 g/mol. The molecule has 0 radical (unpaired) electrons. The molecule has 0 saturated heterocycles. The maximum Gasteiger partial charge on any atom is 0.139 e. The Bertz CT molecular complexity index is 974. The molecule has 0 N–H and O–H groups in total. The van der Waals surface area contributed by atoms with Crippen molar-refractivity contribution < 1.29 is 4.79 Å². The SMILES string of the molecule is C=Cc1cccc(-c2nc(CC(=O)CC(C)C)c(-c3cccc(Cl)c3)s2)c1. The summed E-state index contributed by atoms with van der Waals surface area (Å²) in [5.41, 5.74) is 3.90. The van der Waals surface area contributed by atoms with Gasteiger partial charge in [-0.25, -0.2) is 4.98 Å². The normalized spacial score (nSPS) is 11.0. The molecule has 0 amide bonds. The zero-order chi connectivity index (χ0) is 19.4. The van der Waals surface area contributed by atoms with E-state index in [2.05, 4.69) is 26.5 Å². The van der Waals surface area contributed by atoms with Crippen molar-refractivity contribution in [1.29, 1.82) is 0 Å². The van der Waals surface area contributed by atoms with Crippen molar-refractivity contribution in [3.63, 3.8) is 0 Å². The van der Waals surface area contributed by atoms with Crippen LogP contribution < -0.4 is 0 Å². The van der Waals surface area contributed by atoms with Crippen molar-refractivity contribution in [3.8, 4) is 21.0 Å². The second-order valence-corrected chi connectivity index (χ2v) is 8.38. The summed E-state index contributed by atoms with van der Waals surface area (Å²) in [4.78, 5) is 18.3. The van der Waals surface area contributed by atoms with Crippen molar-refractivity contribution >= 4 is 34.8 Å². The number of Topliss-reactive ketones (excluding diaryl/α,β-unsaturated/α-hetero) is 1. The number of aromatic nitrogens is 1. The largest absolute Gasteiger partial charge is 0.299 e. The van der Waals surface area contributed by atoms with Crippen LogP contribution in [0.2, 0.25) is 5.02 Å². The van der Waals surface area contributed by atoms with Gasteiger partial charge in [0.1, 0.15) is 10.8 Å². The van der Waals surface area contributed by atoms with Crippen LogP contribution in [0.4, 0.5) is 0 Å². The fourth-order valence-electron chi connectivity index (χ4n) is 2.96. The minimum Gasteiger partial charge on any atom is -0.299 e. The van der Waals surface area contributed by atoms with Gasteiger partial charge in [0.15, 0.2) is 0 Å². The summed E-state index contributed by atoms with van der Waals surface area (Å²) in [5.74, 6) is 0.555. The molecule has 4 heteroatoms. The standard InChI is InChI=1S/C23H22ClNOS/c1-4-16-7-5-9-18(12-16)23-25-21(14-20(26)11-15(2)3)22(27-23)17-8-6-10-19(24)13-17/h4-10,12-13,15H,1,11,14H2,2-3H3. The topological polar surface area (TPSA) is 30.0 Å². The number of halogens is 1. The Morgan fingerprint density at radius 3 is 2.63 bits per heavy atom. The fraction of sp³-hybridized carbons (Fsp3) is 0.217. The lowest BCUT2D eigenvalue weighted by Gasteiger charge is -2.05. The first-order chi connectivity index (χ1) is 13.0. The summed E-state index contributed by atoms with van der Waals surface area (Å²) in [6, 6.07) is 15.8. The van der Waals surface area contributed by atoms with Crippen LogP contribution in [0.15, 0.2) is 55.1 Å². The van der Waals surface area contributed by atoms with E-state index in [1.807, 2.05) is 48.5 Å². The lowest BCUT2D eigenvalue weighted by atomic mass is 10.0. The summed E-state index contributed by atoms with van der Waals surface area (Å²) in [6.45, 7) is 7.95. The lowest BCUT2D eigenvalue weighted by molar-refractivity contribution is -0.119. The Hall–Kier alpha value is -2.23.